The van der Waals surface area contributed by atoms with E-state index >= 15 is 0 Å². The monoisotopic (exact) mass is 246 g/mol. The quantitative estimate of drug-likeness (QED) is 0.887. The molecule has 0 aromatic heterocycles. The minimum absolute atomic E-state index is 0.284. The van der Waals surface area contributed by atoms with E-state index in [-0.39, 0.29) is 5.82 Å². The van der Waals surface area contributed by atoms with Gasteiger partial charge < -0.3 is 9.84 Å². The van der Waals surface area contributed by atoms with Crippen LogP contribution in [0, 0.1) is 12.7 Å². The third-order valence-electron chi connectivity index (χ3n) is 2.74. The van der Waals surface area contributed by atoms with Gasteiger partial charge in [0.25, 0.3) is 0 Å². The van der Waals surface area contributed by atoms with Gasteiger partial charge >= 0.3 is 0 Å². The molecule has 1 N–H and O–H groups in total. The van der Waals surface area contributed by atoms with Gasteiger partial charge in [-0.25, -0.2) is 4.39 Å². The molecule has 3 heteroatoms. The van der Waals surface area contributed by atoms with Crippen LogP contribution in [0.2, 0.25) is 0 Å². The molecule has 0 aliphatic carbocycles. The Balaban J connectivity index is 2.15. The van der Waals surface area contributed by atoms with Crippen LogP contribution in [-0.4, -0.2) is 5.11 Å². The maximum absolute atomic E-state index is 13.3. The summed E-state index contributed by atoms with van der Waals surface area (Å²) in [6.07, 6.45) is -0.504. The summed E-state index contributed by atoms with van der Waals surface area (Å²) >= 11 is 0. The van der Waals surface area contributed by atoms with Crippen LogP contribution in [-0.2, 0) is 0 Å². The Morgan fingerprint density at radius 3 is 2.22 bits per heavy atom. The summed E-state index contributed by atoms with van der Waals surface area (Å²) in [5.74, 6) is 0.790. The number of benzene rings is 2. The molecule has 0 unspecified atom stereocenters. The van der Waals surface area contributed by atoms with Crippen molar-refractivity contribution in [1.82, 2.24) is 0 Å². The average Bonchev–Trinajstić information content (AvgIpc) is 2.34. The topological polar surface area (TPSA) is 29.5 Å². The maximum atomic E-state index is 13.3. The Hall–Kier alpha value is -1.87. The molecule has 18 heavy (non-hydrogen) atoms. The summed E-state index contributed by atoms with van der Waals surface area (Å²) in [7, 11) is 0. The lowest BCUT2D eigenvalue weighted by Crippen LogP contribution is -1.91. The van der Waals surface area contributed by atoms with Crippen molar-refractivity contribution in [2.75, 3.05) is 0 Å². The summed E-state index contributed by atoms with van der Waals surface area (Å²) in [5.41, 5.74) is 1.41. The average molecular weight is 246 g/mol. The van der Waals surface area contributed by atoms with E-state index in [0.29, 0.717) is 17.1 Å². The van der Waals surface area contributed by atoms with Crippen molar-refractivity contribution < 1.29 is 14.2 Å². The second-order valence-electron chi connectivity index (χ2n) is 4.26. The number of ether oxygens (including phenoxy) is 1. The van der Waals surface area contributed by atoms with Crippen molar-refractivity contribution >= 4 is 0 Å². The van der Waals surface area contributed by atoms with Crippen LogP contribution in [0.1, 0.15) is 24.2 Å². The first-order valence-corrected chi connectivity index (χ1v) is 5.78. The molecule has 1 atom stereocenters. The van der Waals surface area contributed by atoms with Crippen LogP contribution in [0.25, 0.3) is 0 Å². The van der Waals surface area contributed by atoms with E-state index in [0.717, 1.165) is 5.56 Å². The zero-order chi connectivity index (χ0) is 13.1. The van der Waals surface area contributed by atoms with Crippen molar-refractivity contribution in [3.8, 4) is 11.5 Å². The zero-order valence-electron chi connectivity index (χ0n) is 10.4. The predicted molar refractivity (Wildman–Crippen MR) is 68.3 cm³/mol. The lowest BCUT2D eigenvalue weighted by atomic mass is 10.1. The SMILES string of the molecule is Cc1ccc(Oc2ccc([C@H](C)O)cc2)cc1F. The van der Waals surface area contributed by atoms with Crippen LogP contribution >= 0.6 is 0 Å². The third-order valence-corrected chi connectivity index (χ3v) is 2.74. The molecular weight excluding hydrogens is 231 g/mol. The Labute approximate surface area is 106 Å². The van der Waals surface area contributed by atoms with E-state index < -0.39 is 6.10 Å². The first kappa shape index (κ1) is 12.6. The fourth-order valence-corrected chi connectivity index (χ4v) is 1.59. The molecule has 0 aliphatic rings. The van der Waals surface area contributed by atoms with E-state index in [1.165, 1.54) is 6.07 Å². The molecule has 0 spiro atoms. The Morgan fingerprint density at radius 1 is 1.06 bits per heavy atom. The largest absolute Gasteiger partial charge is 0.457 e. The molecule has 2 nitrogen and oxygen atoms in total. The number of aryl methyl sites for hydroxylation is 1. The number of halogens is 1. The Kier molecular flexibility index (Phi) is 3.63. The van der Waals surface area contributed by atoms with Crippen LogP contribution < -0.4 is 4.74 Å². The summed E-state index contributed by atoms with van der Waals surface area (Å²) in [6.45, 7) is 3.40. The number of hydrogen-bond acceptors (Lipinski definition) is 2. The lowest BCUT2D eigenvalue weighted by molar-refractivity contribution is 0.199. The molecule has 0 fully saturated rings. The minimum atomic E-state index is -0.504. The lowest BCUT2D eigenvalue weighted by Gasteiger charge is -2.08. The van der Waals surface area contributed by atoms with Gasteiger partial charge in [0.05, 0.1) is 6.10 Å². The molecule has 2 aromatic carbocycles. The van der Waals surface area contributed by atoms with Gasteiger partial charge in [0.1, 0.15) is 17.3 Å². The van der Waals surface area contributed by atoms with Crippen molar-refractivity contribution in [1.29, 1.82) is 0 Å². The first-order chi connectivity index (χ1) is 8.56. The highest BCUT2D eigenvalue weighted by Gasteiger charge is 2.03. The molecule has 0 amide bonds. The fraction of sp³-hybridized carbons (Fsp3) is 0.200. The molecule has 94 valence electrons. The highest BCUT2D eigenvalue weighted by atomic mass is 19.1. The molecule has 0 aliphatic heterocycles. The normalized spacial score (nSPS) is 12.2. The Morgan fingerprint density at radius 2 is 1.67 bits per heavy atom. The van der Waals surface area contributed by atoms with Gasteiger partial charge in [-0.15, -0.1) is 0 Å². The number of aliphatic hydroxyl groups is 1. The third kappa shape index (κ3) is 2.87. The summed E-state index contributed by atoms with van der Waals surface area (Å²) < 4.78 is 18.9. The number of hydrogen-bond donors (Lipinski definition) is 1. The molecule has 2 aromatic rings. The van der Waals surface area contributed by atoms with Gasteiger partial charge in [0.15, 0.2) is 0 Å². The van der Waals surface area contributed by atoms with Gasteiger partial charge in [-0.1, -0.05) is 18.2 Å². The molecule has 0 heterocycles. The van der Waals surface area contributed by atoms with Crippen LogP contribution in [0.4, 0.5) is 4.39 Å². The van der Waals surface area contributed by atoms with Gasteiger partial charge in [0, 0.05) is 6.07 Å². The number of rotatable bonds is 3. The van der Waals surface area contributed by atoms with Crippen LogP contribution in [0.15, 0.2) is 42.5 Å². The standard InChI is InChI=1S/C15H15FO2/c1-10-3-6-14(9-15(10)16)18-13-7-4-12(5-8-13)11(2)17/h3-9,11,17H,1-2H3/t11-/m0/s1. The highest BCUT2D eigenvalue weighted by molar-refractivity contribution is 5.35. The maximum Gasteiger partial charge on any atom is 0.130 e. The van der Waals surface area contributed by atoms with Crippen LogP contribution in [0.5, 0.6) is 11.5 Å². The van der Waals surface area contributed by atoms with Crippen molar-refractivity contribution in [3.05, 3.63) is 59.4 Å². The van der Waals surface area contributed by atoms with Crippen molar-refractivity contribution in [2.45, 2.75) is 20.0 Å². The van der Waals surface area contributed by atoms with Gasteiger partial charge in [0.2, 0.25) is 0 Å². The molecule has 0 saturated carbocycles. The molecule has 0 radical (unpaired) electrons. The summed E-state index contributed by atoms with van der Waals surface area (Å²) in [5, 5.41) is 9.38. The van der Waals surface area contributed by atoms with E-state index in [1.54, 1.807) is 50.2 Å². The highest BCUT2D eigenvalue weighted by Crippen LogP contribution is 2.24. The second-order valence-corrected chi connectivity index (χ2v) is 4.26. The molecule has 2 rings (SSSR count). The van der Waals surface area contributed by atoms with E-state index in [1.807, 2.05) is 0 Å². The summed E-state index contributed by atoms with van der Waals surface area (Å²) in [4.78, 5) is 0. The second kappa shape index (κ2) is 5.19. The fourth-order valence-electron chi connectivity index (χ4n) is 1.59. The molecule has 0 bridgehead atoms. The zero-order valence-corrected chi connectivity index (χ0v) is 10.4. The van der Waals surface area contributed by atoms with E-state index in [2.05, 4.69) is 0 Å². The van der Waals surface area contributed by atoms with Gasteiger partial charge in [-0.3, -0.25) is 0 Å². The predicted octanol–water partition coefficient (Wildman–Crippen LogP) is 3.98. The molecule has 0 saturated heterocycles. The summed E-state index contributed by atoms with van der Waals surface area (Å²) in [6, 6.07) is 11.8. The van der Waals surface area contributed by atoms with E-state index in [9.17, 15) is 9.50 Å². The van der Waals surface area contributed by atoms with Crippen LogP contribution in [0.3, 0.4) is 0 Å². The number of aliphatic hydroxyl groups excluding tert-OH is 1. The van der Waals surface area contributed by atoms with Crippen molar-refractivity contribution in [3.63, 3.8) is 0 Å². The van der Waals surface area contributed by atoms with Crippen molar-refractivity contribution in [2.24, 2.45) is 0 Å². The minimum Gasteiger partial charge on any atom is -0.457 e. The Bertz CT molecular complexity index is 533. The smallest absolute Gasteiger partial charge is 0.130 e. The van der Waals surface area contributed by atoms with Gasteiger partial charge in [-0.2, -0.15) is 0 Å². The van der Waals surface area contributed by atoms with Gasteiger partial charge in [-0.05, 0) is 43.2 Å². The molecular formula is C15H15FO2. The first-order valence-electron chi connectivity index (χ1n) is 5.78. The van der Waals surface area contributed by atoms with E-state index in [4.69, 9.17) is 4.74 Å².